The molecule has 0 spiro atoms. The Bertz CT molecular complexity index is 878. The van der Waals surface area contributed by atoms with E-state index in [-0.39, 0.29) is 12.5 Å². The van der Waals surface area contributed by atoms with Crippen molar-refractivity contribution in [3.05, 3.63) is 53.6 Å². The molecule has 0 radical (unpaired) electrons. The van der Waals surface area contributed by atoms with Gasteiger partial charge in [-0.2, -0.15) is 13.2 Å². The summed E-state index contributed by atoms with van der Waals surface area (Å²) in [4.78, 5) is 12.2. The Morgan fingerprint density at radius 1 is 1.16 bits per heavy atom. The molecule has 1 amide bonds. The van der Waals surface area contributed by atoms with E-state index in [2.05, 4.69) is 19.6 Å². The summed E-state index contributed by atoms with van der Waals surface area (Å²) in [6.45, 7) is -1.44. The molecule has 0 bridgehead atoms. The van der Waals surface area contributed by atoms with E-state index in [0.29, 0.717) is 22.3 Å². The van der Waals surface area contributed by atoms with Crippen LogP contribution in [0, 0.1) is 0 Å². The van der Waals surface area contributed by atoms with Gasteiger partial charge in [0.2, 0.25) is 0 Å². The van der Waals surface area contributed by atoms with Crippen molar-refractivity contribution in [3.63, 3.8) is 0 Å². The van der Waals surface area contributed by atoms with E-state index in [1.165, 1.54) is 11.5 Å². The zero-order valence-electron chi connectivity index (χ0n) is 12.7. The van der Waals surface area contributed by atoms with Gasteiger partial charge in [0, 0.05) is 11.3 Å². The highest BCUT2D eigenvalue weighted by Crippen LogP contribution is 2.19. The summed E-state index contributed by atoms with van der Waals surface area (Å²) in [5.74, 6) is -0.309. The van der Waals surface area contributed by atoms with Crippen molar-refractivity contribution in [2.75, 3.05) is 11.9 Å². The van der Waals surface area contributed by atoms with E-state index in [0.717, 1.165) is 4.70 Å². The van der Waals surface area contributed by atoms with E-state index in [1.54, 1.807) is 42.5 Å². The largest absolute Gasteiger partial charge is 0.411 e. The summed E-state index contributed by atoms with van der Waals surface area (Å²) in [6, 6.07) is 11.5. The summed E-state index contributed by atoms with van der Waals surface area (Å²) in [7, 11) is 0. The number of ether oxygens (including phenoxy) is 1. The quantitative estimate of drug-likeness (QED) is 0.740. The van der Waals surface area contributed by atoms with Crippen LogP contribution >= 0.6 is 11.5 Å². The topological polar surface area (TPSA) is 64.1 Å². The molecule has 0 atom stereocenters. The number of carbonyl (C=O) groups excluding carboxylic acids is 1. The number of fused-ring (bicyclic) bond motifs is 1. The van der Waals surface area contributed by atoms with Crippen LogP contribution in [0.2, 0.25) is 0 Å². The Morgan fingerprint density at radius 3 is 2.64 bits per heavy atom. The highest BCUT2D eigenvalue weighted by Gasteiger charge is 2.27. The van der Waals surface area contributed by atoms with Crippen molar-refractivity contribution in [2.24, 2.45) is 0 Å². The van der Waals surface area contributed by atoms with Crippen molar-refractivity contribution in [3.8, 4) is 0 Å². The van der Waals surface area contributed by atoms with E-state index in [9.17, 15) is 18.0 Å². The second kappa shape index (κ2) is 7.16. The zero-order valence-corrected chi connectivity index (χ0v) is 13.5. The van der Waals surface area contributed by atoms with Gasteiger partial charge in [0.25, 0.3) is 5.91 Å². The molecule has 5 nitrogen and oxygen atoms in total. The molecule has 1 aromatic heterocycles. The first-order valence-electron chi connectivity index (χ1n) is 7.18. The third-order valence-electron chi connectivity index (χ3n) is 3.26. The number of carbonyl (C=O) groups is 1. The molecule has 2 aromatic carbocycles. The zero-order chi connectivity index (χ0) is 17.9. The maximum absolute atomic E-state index is 12.2. The molecule has 0 fully saturated rings. The van der Waals surface area contributed by atoms with Crippen LogP contribution in [0.1, 0.15) is 15.9 Å². The number of aromatic nitrogens is 2. The van der Waals surface area contributed by atoms with E-state index in [1.807, 2.05) is 0 Å². The van der Waals surface area contributed by atoms with Crippen molar-refractivity contribution >= 4 is 33.3 Å². The first-order valence-corrected chi connectivity index (χ1v) is 7.95. The number of benzene rings is 2. The molecule has 3 rings (SSSR count). The average Bonchev–Trinajstić information content (AvgIpc) is 3.03. The van der Waals surface area contributed by atoms with Crippen molar-refractivity contribution in [2.45, 2.75) is 12.8 Å². The number of rotatable bonds is 5. The lowest BCUT2D eigenvalue weighted by molar-refractivity contribution is -0.176. The van der Waals surface area contributed by atoms with Crippen LogP contribution in [0.4, 0.5) is 18.9 Å². The second-order valence-electron chi connectivity index (χ2n) is 5.21. The molecular weight excluding hydrogens is 355 g/mol. The first kappa shape index (κ1) is 17.3. The highest BCUT2D eigenvalue weighted by atomic mass is 32.1. The normalized spacial score (nSPS) is 11.6. The van der Waals surface area contributed by atoms with Gasteiger partial charge in [-0.25, -0.2) is 0 Å². The number of amides is 1. The van der Waals surface area contributed by atoms with Crippen LogP contribution in [0.15, 0.2) is 42.5 Å². The van der Waals surface area contributed by atoms with Gasteiger partial charge in [-0.15, -0.1) is 5.10 Å². The van der Waals surface area contributed by atoms with Crippen LogP contribution in [-0.4, -0.2) is 28.3 Å². The average molecular weight is 367 g/mol. The minimum atomic E-state index is -4.35. The van der Waals surface area contributed by atoms with E-state index < -0.39 is 12.8 Å². The SMILES string of the molecule is O=C(Nc1ccc(COCC(F)(F)F)cc1)c1ccc2snnc2c1. The van der Waals surface area contributed by atoms with Crippen LogP contribution in [0.3, 0.4) is 0 Å². The Labute approximate surface area is 144 Å². The van der Waals surface area contributed by atoms with Crippen LogP contribution in [-0.2, 0) is 11.3 Å². The molecule has 25 heavy (non-hydrogen) atoms. The number of anilines is 1. The molecule has 0 aliphatic heterocycles. The molecule has 130 valence electrons. The van der Waals surface area contributed by atoms with Gasteiger partial charge in [-0.1, -0.05) is 16.6 Å². The Balaban J connectivity index is 1.59. The standard InChI is InChI=1S/C16H12F3N3O2S/c17-16(18,19)9-24-8-10-1-4-12(5-2-10)20-15(23)11-3-6-14-13(7-11)21-22-25-14/h1-7H,8-9H2,(H,20,23). The van der Waals surface area contributed by atoms with Crippen LogP contribution in [0.5, 0.6) is 0 Å². The third kappa shape index (κ3) is 4.74. The van der Waals surface area contributed by atoms with Crippen molar-refractivity contribution in [1.82, 2.24) is 9.59 Å². The third-order valence-corrected chi connectivity index (χ3v) is 3.96. The molecule has 0 saturated carbocycles. The summed E-state index contributed by atoms with van der Waals surface area (Å²) in [5.41, 5.74) is 2.20. The van der Waals surface area contributed by atoms with Gasteiger partial charge in [-0.3, -0.25) is 4.79 Å². The Morgan fingerprint density at radius 2 is 1.92 bits per heavy atom. The number of nitrogens with one attached hydrogen (secondary N) is 1. The van der Waals surface area contributed by atoms with Gasteiger partial charge in [-0.05, 0) is 47.4 Å². The Kier molecular flexibility index (Phi) is 4.95. The number of hydrogen-bond acceptors (Lipinski definition) is 5. The predicted octanol–water partition coefficient (Wildman–Crippen LogP) is 4.02. The summed E-state index contributed by atoms with van der Waals surface area (Å²) in [6.07, 6.45) is -4.35. The lowest BCUT2D eigenvalue weighted by Gasteiger charge is -2.09. The van der Waals surface area contributed by atoms with Gasteiger partial charge >= 0.3 is 6.18 Å². The smallest absolute Gasteiger partial charge is 0.367 e. The summed E-state index contributed by atoms with van der Waals surface area (Å²) < 4.78 is 45.4. The monoisotopic (exact) mass is 367 g/mol. The van der Waals surface area contributed by atoms with Gasteiger partial charge in [0.1, 0.15) is 12.1 Å². The number of hydrogen-bond donors (Lipinski definition) is 1. The van der Waals surface area contributed by atoms with Crippen LogP contribution < -0.4 is 5.32 Å². The molecule has 9 heteroatoms. The molecule has 1 N–H and O–H groups in total. The molecule has 0 unspecified atom stereocenters. The molecule has 3 aromatic rings. The first-order chi connectivity index (χ1) is 11.9. The van der Waals surface area contributed by atoms with E-state index >= 15 is 0 Å². The lowest BCUT2D eigenvalue weighted by Crippen LogP contribution is -2.16. The van der Waals surface area contributed by atoms with Crippen LogP contribution in [0.25, 0.3) is 10.2 Å². The molecule has 0 aliphatic rings. The fourth-order valence-corrected chi connectivity index (χ4v) is 2.63. The van der Waals surface area contributed by atoms with Gasteiger partial charge in [0.05, 0.1) is 11.3 Å². The van der Waals surface area contributed by atoms with Crippen molar-refractivity contribution in [1.29, 1.82) is 0 Å². The molecular formula is C16H12F3N3O2S. The Hall–Kier alpha value is -2.52. The summed E-state index contributed by atoms with van der Waals surface area (Å²) in [5, 5.41) is 6.64. The van der Waals surface area contributed by atoms with Gasteiger partial charge in [0.15, 0.2) is 0 Å². The molecule has 0 saturated heterocycles. The fourth-order valence-electron chi connectivity index (χ4n) is 2.09. The molecule has 1 heterocycles. The minimum absolute atomic E-state index is 0.152. The number of alkyl halides is 3. The fraction of sp³-hybridized carbons (Fsp3) is 0.188. The van der Waals surface area contributed by atoms with Gasteiger partial charge < -0.3 is 10.1 Å². The minimum Gasteiger partial charge on any atom is -0.367 e. The number of halogens is 3. The maximum atomic E-state index is 12.2. The lowest BCUT2D eigenvalue weighted by atomic mass is 10.2. The number of nitrogens with zero attached hydrogens (tertiary/aromatic N) is 2. The predicted molar refractivity (Wildman–Crippen MR) is 87.5 cm³/mol. The van der Waals surface area contributed by atoms with Crippen molar-refractivity contribution < 1.29 is 22.7 Å². The van der Waals surface area contributed by atoms with E-state index in [4.69, 9.17) is 0 Å². The highest BCUT2D eigenvalue weighted by molar-refractivity contribution is 7.12. The summed E-state index contributed by atoms with van der Waals surface area (Å²) >= 11 is 1.25. The second-order valence-corrected chi connectivity index (χ2v) is 6.00. The molecule has 0 aliphatic carbocycles. The maximum Gasteiger partial charge on any atom is 0.411 e.